The maximum atomic E-state index is 10.9. The molecular formula is C8H8N2O. The summed E-state index contributed by atoms with van der Waals surface area (Å²) in [6.07, 6.45) is 5.84. The zero-order chi connectivity index (χ0) is 7.68. The third-order valence-electron chi connectivity index (χ3n) is 1.73. The number of nitrogens with zero attached hydrogens (tertiary/aromatic N) is 1. The maximum Gasteiger partial charge on any atom is 0.161 e. The normalized spacial score (nSPS) is 21.6. The van der Waals surface area contributed by atoms with E-state index in [-0.39, 0.29) is 5.78 Å². The molecule has 0 spiro atoms. The molecule has 2 rings (SSSR count). The Balaban J connectivity index is 2.37. The highest BCUT2D eigenvalue weighted by molar-refractivity contribution is 5.99. The van der Waals surface area contributed by atoms with Crippen LogP contribution < -0.4 is 5.32 Å². The fraction of sp³-hybridized carbons (Fsp3) is 0.250. The van der Waals surface area contributed by atoms with Gasteiger partial charge in [0, 0.05) is 30.0 Å². The zero-order valence-corrected chi connectivity index (χ0v) is 6.00. The number of hydrogen-bond donors (Lipinski definition) is 1. The molecular weight excluding hydrogens is 140 g/mol. The second-order valence-corrected chi connectivity index (χ2v) is 2.53. The van der Waals surface area contributed by atoms with Gasteiger partial charge in [-0.2, -0.15) is 0 Å². The van der Waals surface area contributed by atoms with Crippen molar-refractivity contribution in [1.82, 2.24) is 5.32 Å². The fourth-order valence-electron chi connectivity index (χ4n) is 1.17. The second kappa shape index (κ2) is 2.34. The SMILES string of the molecule is O=C1C=C2NCN=CC2=CC1. The minimum atomic E-state index is 0.159. The van der Waals surface area contributed by atoms with Crippen LogP contribution in [-0.2, 0) is 4.79 Å². The van der Waals surface area contributed by atoms with Gasteiger partial charge in [0.2, 0.25) is 0 Å². The van der Waals surface area contributed by atoms with Crippen LogP contribution in [-0.4, -0.2) is 18.7 Å². The van der Waals surface area contributed by atoms with Gasteiger partial charge in [-0.15, -0.1) is 0 Å². The molecule has 1 N–H and O–H groups in total. The molecule has 0 amide bonds. The summed E-state index contributed by atoms with van der Waals surface area (Å²) in [7, 11) is 0. The lowest BCUT2D eigenvalue weighted by Gasteiger charge is -2.16. The van der Waals surface area contributed by atoms with Gasteiger partial charge >= 0.3 is 0 Å². The largest absolute Gasteiger partial charge is 0.366 e. The Morgan fingerprint density at radius 2 is 2.45 bits per heavy atom. The van der Waals surface area contributed by atoms with Crippen molar-refractivity contribution in [2.75, 3.05) is 6.67 Å². The van der Waals surface area contributed by atoms with Gasteiger partial charge in [0.15, 0.2) is 5.78 Å². The third kappa shape index (κ3) is 1.09. The lowest BCUT2D eigenvalue weighted by atomic mass is 10.0. The Kier molecular flexibility index (Phi) is 1.35. The van der Waals surface area contributed by atoms with Crippen LogP contribution in [0.4, 0.5) is 0 Å². The van der Waals surface area contributed by atoms with Crippen molar-refractivity contribution >= 4 is 12.0 Å². The Hall–Kier alpha value is -1.38. The molecule has 0 aromatic carbocycles. The van der Waals surface area contributed by atoms with Crippen molar-refractivity contribution in [2.45, 2.75) is 6.42 Å². The quantitative estimate of drug-likeness (QED) is 0.540. The van der Waals surface area contributed by atoms with Gasteiger partial charge in [-0.3, -0.25) is 9.79 Å². The molecule has 0 saturated carbocycles. The van der Waals surface area contributed by atoms with E-state index in [0.29, 0.717) is 13.1 Å². The molecule has 1 heterocycles. The van der Waals surface area contributed by atoms with E-state index in [1.807, 2.05) is 6.08 Å². The average molecular weight is 148 g/mol. The van der Waals surface area contributed by atoms with E-state index in [4.69, 9.17) is 0 Å². The van der Waals surface area contributed by atoms with Gasteiger partial charge < -0.3 is 5.32 Å². The molecule has 56 valence electrons. The van der Waals surface area contributed by atoms with E-state index in [1.165, 1.54) is 0 Å². The summed E-state index contributed by atoms with van der Waals surface area (Å²) < 4.78 is 0. The first-order valence-electron chi connectivity index (χ1n) is 3.55. The maximum absolute atomic E-state index is 10.9. The molecule has 2 aliphatic rings. The molecule has 1 aliphatic heterocycles. The molecule has 0 aromatic heterocycles. The van der Waals surface area contributed by atoms with E-state index in [0.717, 1.165) is 11.3 Å². The van der Waals surface area contributed by atoms with Gasteiger partial charge in [0.25, 0.3) is 0 Å². The van der Waals surface area contributed by atoms with Gasteiger partial charge in [-0.1, -0.05) is 6.08 Å². The number of carbonyl (C=O) groups is 1. The smallest absolute Gasteiger partial charge is 0.161 e. The number of carbonyl (C=O) groups excluding carboxylic acids is 1. The number of allylic oxidation sites excluding steroid dienone is 3. The first-order chi connectivity index (χ1) is 5.36. The molecule has 0 unspecified atom stereocenters. The highest BCUT2D eigenvalue weighted by atomic mass is 16.1. The molecule has 0 saturated heterocycles. The van der Waals surface area contributed by atoms with Crippen molar-refractivity contribution < 1.29 is 4.79 Å². The molecule has 0 aromatic rings. The predicted molar refractivity (Wildman–Crippen MR) is 42.3 cm³/mol. The van der Waals surface area contributed by atoms with E-state index in [9.17, 15) is 4.79 Å². The van der Waals surface area contributed by atoms with E-state index < -0.39 is 0 Å². The van der Waals surface area contributed by atoms with Gasteiger partial charge in [-0.05, 0) is 0 Å². The number of hydrogen-bond acceptors (Lipinski definition) is 3. The lowest BCUT2D eigenvalue weighted by molar-refractivity contribution is -0.114. The summed E-state index contributed by atoms with van der Waals surface area (Å²) in [5.41, 5.74) is 1.95. The van der Waals surface area contributed by atoms with Crippen LogP contribution in [0.2, 0.25) is 0 Å². The highest BCUT2D eigenvalue weighted by Crippen LogP contribution is 2.14. The van der Waals surface area contributed by atoms with E-state index in [1.54, 1.807) is 12.3 Å². The Morgan fingerprint density at radius 1 is 1.55 bits per heavy atom. The van der Waals surface area contributed by atoms with Crippen LogP contribution in [0.3, 0.4) is 0 Å². The number of nitrogens with one attached hydrogen (secondary N) is 1. The first kappa shape index (κ1) is 6.34. The summed E-state index contributed by atoms with van der Waals surface area (Å²) in [6, 6.07) is 0. The van der Waals surface area contributed by atoms with Crippen LogP contribution in [0.1, 0.15) is 6.42 Å². The monoisotopic (exact) mass is 148 g/mol. The molecule has 1 aliphatic carbocycles. The molecule has 0 fully saturated rings. The van der Waals surface area contributed by atoms with Crippen molar-refractivity contribution in [2.24, 2.45) is 4.99 Å². The topological polar surface area (TPSA) is 41.5 Å². The third-order valence-corrected chi connectivity index (χ3v) is 1.73. The van der Waals surface area contributed by atoms with Gasteiger partial charge in [0.1, 0.15) is 6.67 Å². The lowest BCUT2D eigenvalue weighted by Crippen LogP contribution is -2.23. The van der Waals surface area contributed by atoms with E-state index >= 15 is 0 Å². The number of fused-ring (bicyclic) bond motifs is 1. The van der Waals surface area contributed by atoms with Gasteiger partial charge in [-0.25, -0.2) is 0 Å². The van der Waals surface area contributed by atoms with Crippen LogP contribution in [0.5, 0.6) is 0 Å². The van der Waals surface area contributed by atoms with Crippen LogP contribution >= 0.6 is 0 Å². The van der Waals surface area contributed by atoms with Crippen molar-refractivity contribution in [3.8, 4) is 0 Å². The average Bonchev–Trinajstić information content (AvgIpc) is 2.04. The molecule has 0 atom stereocenters. The number of ketones is 1. The number of rotatable bonds is 0. The minimum Gasteiger partial charge on any atom is -0.366 e. The minimum absolute atomic E-state index is 0.159. The van der Waals surface area contributed by atoms with Gasteiger partial charge in [0.05, 0.1) is 0 Å². The van der Waals surface area contributed by atoms with Crippen molar-refractivity contribution in [3.05, 3.63) is 23.4 Å². The van der Waals surface area contributed by atoms with Crippen molar-refractivity contribution in [1.29, 1.82) is 0 Å². The Labute approximate surface area is 64.5 Å². The van der Waals surface area contributed by atoms with E-state index in [2.05, 4.69) is 10.3 Å². The fourth-order valence-corrected chi connectivity index (χ4v) is 1.17. The summed E-state index contributed by atoms with van der Waals surface area (Å²) in [4.78, 5) is 14.9. The van der Waals surface area contributed by atoms with Crippen molar-refractivity contribution in [3.63, 3.8) is 0 Å². The molecule has 3 nitrogen and oxygen atoms in total. The Morgan fingerprint density at radius 3 is 3.36 bits per heavy atom. The highest BCUT2D eigenvalue weighted by Gasteiger charge is 2.12. The summed E-state index contributed by atoms with van der Waals surface area (Å²) in [5, 5.41) is 3.03. The second-order valence-electron chi connectivity index (χ2n) is 2.53. The molecule has 3 heteroatoms. The van der Waals surface area contributed by atoms with Crippen LogP contribution in [0, 0.1) is 0 Å². The zero-order valence-electron chi connectivity index (χ0n) is 6.00. The predicted octanol–water partition coefficient (Wildman–Crippen LogP) is 0.401. The summed E-state index contributed by atoms with van der Waals surface area (Å²) >= 11 is 0. The molecule has 0 bridgehead atoms. The molecule has 0 radical (unpaired) electrons. The number of aliphatic imine (C=N–C) groups is 1. The molecule has 11 heavy (non-hydrogen) atoms. The van der Waals surface area contributed by atoms with Crippen LogP contribution in [0.25, 0.3) is 0 Å². The Bertz CT molecular complexity index is 286. The first-order valence-corrected chi connectivity index (χ1v) is 3.55. The standard InChI is InChI=1S/C8H8N2O/c11-7-2-1-6-4-9-5-10-8(6)3-7/h1,3-4,10H,2,5H2. The van der Waals surface area contributed by atoms with Crippen LogP contribution in [0.15, 0.2) is 28.4 Å². The summed E-state index contributed by atoms with van der Waals surface area (Å²) in [6.45, 7) is 0.580. The summed E-state index contributed by atoms with van der Waals surface area (Å²) in [5.74, 6) is 0.159.